The third kappa shape index (κ3) is 5.49. The first kappa shape index (κ1) is 21.3. The highest BCUT2D eigenvalue weighted by molar-refractivity contribution is 6.07. The number of piperidine rings is 1. The first-order chi connectivity index (χ1) is 13.3. The molecule has 0 atom stereocenters. The number of nitriles is 1. The summed E-state index contributed by atoms with van der Waals surface area (Å²) < 4.78 is 5.01. The van der Waals surface area contributed by atoms with Crippen molar-refractivity contribution in [1.29, 1.82) is 5.26 Å². The maximum absolute atomic E-state index is 12.5. The molecule has 1 aromatic rings. The molecule has 7 nitrogen and oxygen atoms in total. The highest BCUT2D eigenvalue weighted by Gasteiger charge is 2.23. The number of nitrogens with zero attached hydrogens (tertiary/aromatic N) is 2. The van der Waals surface area contributed by atoms with Gasteiger partial charge in [0.2, 0.25) is 0 Å². The van der Waals surface area contributed by atoms with Crippen molar-refractivity contribution in [2.24, 2.45) is 0 Å². The van der Waals surface area contributed by atoms with E-state index in [1.165, 1.54) is 6.20 Å². The minimum Gasteiger partial charge on any atom is -0.450 e. The summed E-state index contributed by atoms with van der Waals surface area (Å²) in [5.74, 6) is -0.436. The first-order valence-electron chi connectivity index (χ1n) is 9.53. The molecule has 0 aromatic heterocycles. The SMILES string of the molecule is CCOC(=O)N1CCC(N/C=C(/C#N)C(=O)Nc2c(C)cc(C)cc2C)CC1. The molecule has 2 amide bonds. The van der Waals surface area contributed by atoms with Crippen LogP contribution in [0, 0.1) is 32.1 Å². The Morgan fingerprint density at radius 2 is 1.86 bits per heavy atom. The van der Waals surface area contributed by atoms with Gasteiger partial charge in [0.15, 0.2) is 0 Å². The topological polar surface area (TPSA) is 94.5 Å². The average molecular weight is 384 g/mol. The van der Waals surface area contributed by atoms with Gasteiger partial charge in [0.1, 0.15) is 11.6 Å². The molecule has 0 spiro atoms. The van der Waals surface area contributed by atoms with Crippen LogP contribution < -0.4 is 10.6 Å². The lowest BCUT2D eigenvalue weighted by atomic mass is 10.0. The third-order valence-corrected chi connectivity index (χ3v) is 4.76. The van der Waals surface area contributed by atoms with E-state index in [1.807, 2.05) is 39.0 Å². The van der Waals surface area contributed by atoms with E-state index in [1.54, 1.807) is 11.8 Å². The van der Waals surface area contributed by atoms with Crippen LogP contribution in [0.1, 0.15) is 36.5 Å². The second kappa shape index (κ2) is 9.79. The molecule has 1 fully saturated rings. The molecule has 0 aliphatic carbocycles. The Kier molecular flexibility index (Phi) is 7.44. The molecular formula is C21H28N4O3. The normalized spacial score (nSPS) is 15.0. The van der Waals surface area contributed by atoms with Crippen molar-refractivity contribution in [3.05, 3.63) is 40.6 Å². The molecule has 7 heteroatoms. The Balaban J connectivity index is 1.95. The molecule has 0 saturated carbocycles. The molecule has 0 bridgehead atoms. The minimum absolute atomic E-state index is 0.0206. The van der Waals surface area contributed by atoms with Gasteiger partial charge in [-0.05, 0) is 51.7 Å². The number of ether oxygens (including phenoxy) is 1. The Morgan fingerprint density at radius 1 is 1.25 bits per heavy atom. The molecule has 1 aliphatic rings. The number of carbonyl (C=O) groups is 2. The molecule has 0 unspecified atom stereocenters. The predicted octanol–water partition coefficient (Wildman–Crippen LogP) is 3.17. The van der Waals surface area contributed by atoms with Gasteiger partial charge in [-0.1, -0.05) is 17.7 Å². The summed E-state index contributed by atoms with van der Waals surface area (Å²) in [4.78, 5) is 25.9. The van der Waals surface area contributed by atoms with Crippen LogP contribution in [0.15, 0.2) is 23.9 Å². The van der Waals surface area contributed by atoms with Crippen molar-refractivity contribution >= 4 is 17.7 Å². The first-order valence-corrected chi connectivity index (χ1v) is 9.53. The van der Waals surface area contributed by atoms with Gasteiger partial charge in [0.05, 0.1) is 6.61 Å². The van der Waals surface area contributed by atoms with Crippen LogP contribution in [-0.2, 0) is 9.53 Å². The van der Waals surface area contributed by atoms with Gasteiger partial charge in [-0.15, -0.1) is 0 Å². The van der Waals surface area contributed by atoms with Gasteiger partial charge >= 0.3 is 6.09 Å². The molecule has 2 rings (SSSR count). The van der Waals surface area contributed by atoms with E-state index in [-0.39, 0.29) is 17.7 Å². The number of carbonyl (C=O) groups excluding carboxylic acids is 2. The number of hydrogen-bond acceptors (Lipinski definition) is 5. The predicted molar refractivity (Wildman–Crippen MR) is 108 cm³/mol. The molecule has 150 valence electrons. The number of hydrogen-bond donors (Lipinski definition) is 2. The van der Waals surface area contributed by atoms with E-state index in [0.29, 0.717) is 19.7 Å². The summed E-state index contributed by atoms with van der Waals surface area (Å²) in [6.07, 6.45) is 2.63. The number of rotatable bonds is 5. The molecule has 28 heavy (non-hydrogen) atoms. The number of amides is 2. The van der Waals surface area contributed by atoms with Crippen LogP contribution in [0.5, 0.6) is 0 Å². The summed E-state index contributed by atoms with van der Waals surface area (Å²) in [7, 11) is 0. The summed E-state index contributed by atoms with van der Waals surface area (Å²) in [5, 5.41) is 15.4. The Hall–Kier alpha value is -3.01. The lowest BCUT2D eigenvalue weighted by molar-refractivity contribution is -0.112. The van der Waals surface area contributed by atoms with E-state index in [0.717, 1.165) is 35.2 Å². The van der Waals surface area contributed by atoms with Gasteiger partial charge in [-0.25, -0.2) is 4.79 Å². The summed E-state index contributed by atoms with van der Waals surface area (Å²) in [6, 6.07) is 6.05. The molecule has 1 aromatic carbocycles. The largest absolute Gasteiger partial charge is 0.450 e. The molecule has 0 radical (unpaired) electrons. The van der Waals surface area contributed by atoms with Gasteiger partial charge < -0.3 is 20.3 Å². The highest BCUT2D eigenvalue weighted by atomic mass is 16.6. The van der Waals surface area contributed by atoms with Crippen LogP contribution in [0.3, 0.4) is 0 Å². The number of anilines is 1. The van der Waals surface area contributed by atoms with Gasteiger partial charge in [-0.3, -0.25) is 4.79 Å². The van der Waals surface area contributed by atoms with E-state index in [9.17, 15) is 14.9 Å². The van der Waals surface area contributed by atoms with Crippen molar-refractivity contribution < 1.29 is 14.3 Å². The quantitative estimate of drug-likeness (QED) is 0.601. The van der Waals surface area contributed by atoms with Crippen LogP contribution in [0.2, 0.25) is 0 Å². The second-order valence-corrected chi connectivity index (χ2v) is 7.02. The molecule has 1 saturated heterocycles. The second-order valence-electron chi connectivity index (χ2n) is 7.02. The van der Waals surface area contributed by atoms with Crippen molar-refractivity contribution in [3.8, 4) is 6.07 Å². The monoisotopic (exact) mass is 384 g/mol. The van der Waals surface area contributed by atoms with E-state index < -0.39 is 5.91 Å². The Morgan fingerprint density at radius 3 is 2.39 bits per heavy atom. The van der Waals surface area contributed by atoms with Gasteiger partial charge in [0, 0.05) is 31.0 Å². The van der Waals surface area contributed by atoms with E-state index in [4.69, 9.17) is 4.74 Å². The van der Waals surface area contributed by atoms with Crippen LogP contribution in [0.4, 0.5) is 10.5 Å². The highest BCUT2D eigenvalue weighted by Crippen LogP contribution is 2.22. The number of nitrogens with one attached hydrogen (secondary N) is 2. The smallest absolute Gasteiger partial charge is 0.409 e. The zero-order valence-electron chi connectivity index (χ0n) is 17.0. The number of aryl methyl sites for hydroxylation is 3. The number of likely N-dealkylation sites (tertiary alicyclic amines) is 1. The van der Waals surface area contributed by atoms with Gasteiger partial charge in [-0.2, -0.15) is 5.26 Å². The Labute approximate surface area is 166 Å². The Bertz CT molecular complexity index is 779. The fourth-order valence-corrected chi connectivity index (χ4v) is 3.35. The van der Waals surface area contributed by atoms with Crippen molar-refractivity contribution in [2.45, 2.75) is 46.6 Å². The van der Waals surface area contributed by atoms with Crippen molar-refractivity contribution in [3.63, 3.8) is 0 Å². The van der Waals surface area contributed by atoms with Crippen LogP contribution >= 0.6 is 0 Å². The van der Waals surface area contributed by atoms with Crippen LogP contribution in [-0.4, -0.2) is 42.6 Å². The van der Waals surface area contributed by atoms with Crippen molar-refractivity contribution in [2.75, 3.05) is 25.0 Å². The zero-order valence-corrected chi connectivity index (χ0v) is 17.0. The maximum atomic E-state index is 12.5. The standard InChI is InChI=1S/C21H28N4O3/c1-5-28-21(27)25-8-6-18(7-9-25)23-13-17(12-22)20(26)24-19-15(3)10-14(2)11-16(19)4/h10-11,13,18,23H,5-9H2,1-4H3,(H,24,26)/b17-13-. The van der Waals surface area contributed by atoms with Gasteiger partial charge in [0.25, 0.3) is 5.91 Å². The molecule has 2 N–H and O–H groups in total. The van der Waals surface area contributed by atoms with E-state index in [2.05, 4.69) is 10.6 Å². The summed E-state index contributed by atoms with van der Waals surface area (Å²) in [5.41, 5.74) is 3.80. The maximum Gasteiger partial charge on any atom is 0.409 e. The molecule has 1 heterocycles. The molecule has 1 aliphatic heterocycles. The van der Waals surface area contributed by atoms with Crippen LogP contribution in [0.25, 0.3) is 0 Å². The number of benzene rings is 1. The lowest BCUT2D eigenvalue weighted by Crippen LogP contribution is -2.44. The minimum atomic E-state index is -0.436. The fourth-order valence-electron chi connectivity index (χ4n) is 3.35. The zero-order chi connectivity index (χ0) is 20.7. The average Bonchev–Trinajstić information content (AvgIpc) is 2.65. The fraction of sp³-hybridized carbons (Fsp3) is 0.476. The molecular weight excluding hydrogens is 356 g/mol. The third-order valence-electron chi connectivity index (χ3n) is 4.76. The summed E-state index contributed by atoms with van der Waals surface area (Å²) in [6.45, 7) is 9.18. The van der Waals surface area contributed by atoms with E-state index >= 15 is 0 Å². The van der Waals surface area contributed by atoms with Crippen molar-refractivity contribution in [1.82, 2.24) is 10.2 Å². The summed E-state index contributed by atoms with van der Waals surface area (Å²) >= 11 is 0. The lowest BCUT2D eigenvalue weighted by Gasteiger charge is -2.31.